The molecule has 0 aliphatic rings. The number of benzene rings is 1. The third-order valence-corrected chi connectivity index (χ3v) is 3.59. The monoisotopic (exact) mass is 297 g/mol. The Morgan fingerprint density at radius 2 is 2.20 bits per heavy atom. The maximum Gasteiger partial charge on any atom is 0.344 e. The maximum atomic E-state index is 13.8. The first-order valence-electron chi connectivity index (χ1n) is 5.77. The first-order valence-corrected chi connectivity index (χ1v) is 6.59. The molecule has 0 spiro atoms. The standard InChI is InChI=1S/C12H12FN3O3S/c1-6(2)16-11(19)14-15-12(16)20-9-4-3-7(10(17)18)5-8(9)13/h3-6H,1-2H3,(H,14,19)(H,17,18). The molecule has 1 aromatic heterocycles. The lowest BCUT2D eigenvalue weighted by Crippen LogP contribution is -2.19. The predicted molar refractivity (Wildman–Crippen MR) is 70.7 cm³/mol. The van der Waals surface area contributed by atoms with E-state index in [4.69, 9.17) is 5.11 Å². The van der Waals surface area contributed by atoms with Gasteiger partial charge in [0.2, 0.25) is 0 Å². The molecule has 2 N–H and O–H groups in total. The van der Waals surface area contributed by atoms with Crippen molar-refractivity contribution in [2.45, 2.75) is 29.9 Å². The average Bonchev–Trinajstić information content (AvgIpc) is 2.72. The Balaban J connectivity index is 2.36. The molecule has 6 nitrogen and oxygen atoms in total. The van der Waals surface area contributed by atoms with Crippen molar-refractivity contribution in [3.05, 3.63) is 40.1 Å². The van der Waals surface area contributed by atoms with Crippen LogP contribution in [0.4, 0.5) is 4.39 Å². The van der Waals surface area contributed by atoms with E-state index in [1.807, 2.05) is 13.8 Å². The Labute approximate surface area is 117 Å². The lowest BCUT2D eigenvalue weighted by Gasteiger charge is -2.09. The van der Waals surface area contributed by atoms with Crippen LogP contribution in [0.5, 0.6) is 0 Å². The lowest BCUT2D eigenvalue weighted by atomic mass is 10.2. The van der Waals surface area contributed by atoms with Gasteiger partial charge in [0.1, 0.15) is 5.82 Å². The lowest BCUT2D eigenvalue weighted by molar-refractivity contribution is 0.0696. The summed E-state index contributed by atoms with van der Waals surface area (Å²) in [7, 11) is 0. The van der Waals surface area contributed by atoms with Gasteiger partial charge >= 0.3 is 11.7 Å². The van der Waals surface area contributed by atoms with Gasteiger partial charge < -0.3 is 5.11 Å². The second kappa shape index (κ2) is 5.49. The molecule has 0 bridgehead atoms. The zero-order valence-corrected chi connectivity index (χ0v) is 11.6. The topological polar surface area (TPSA) is 88.0 Å². The quantitative estimate of drug-likeness (QED) is 0.902. The molecule has 0 aliphatic carbocycles. The van der Waals surface area contributed by atoms with Gasteiger partial charge in [-0.1, -0.05) is 0 Å². The number of aromatic carboxylic acids is 1. The van der Waals surface area contributed by atoms with Crippen molar-refractivity contribution < 1.29 is 14.3 Å². The Bertz CT molecular complexity index is 708. The van der Waals surface area contributed by atoms with Crippen molar-refractivity contribution in [1.82, 2.24) is 14.8 Å². The van der Waals surface area contributed by atoms with Gasteiger partial charge in [-0.15, -0.1) is 5.10 Å². The third kappa shape index (κ3) is 2.74. The number of H-pyrrole nitrogens is 1. The highest BCUT2D eigenvalue weighted by molar-refractivity contribution is 7.99. The Morgan fingerprint density at radius 3 is 2.75 bits per heavy atom. The van der Waals surface area contributed by atoms with Gasteiger partial charge in [0, 0.05) is 6.04 Å². The fourth-order valence-electron chi connectivity index (χ4n) is 1.63. The molecule has 1 heterocycles. The van der Waals surface area contributed by atoms with Gasteiger partial charge in [-0.3, -0.25) is 4.57 Å². The fraction of sp³-hybridized carbons (Fsp3) is 0.250. The van der Waals surface area contributed by atoms with Gasteiger partial charge in [0.05, 0.1) is 10.5 Å². The summed E-state index contributed by atoms with van der Waals surface area (Å²) < 4.78 is 15.2. The minimum atomic E-state index is -1.20. The van der Waals surface area contributed by atoms with Crippen LogP contribution in [0.1, 0.15) is 30.2 Å². The number of hydrogen-bond acceptors (Lipinski definition) is 4. The van der Waals surface area contributed by atoms with E-state index in [9.17, 15) is 14.0 Å². The summed E-state index contributed by atoms with van der Waals surface area (Å²) >= 11 is 0.963. The van der Waals surface area contributed by atoms with Crippen LogP contribution in [0.3, 0.4) is 0 Å². The minimum absolute atomic E-state index is 0.120. The molecule has 0 fully saturated rings. The van der Waals surface area contributed by atoms with Crippen LogP contribution in [0.15, 0.2) is 33.0 Å². The van der Waals surface area contributed by atoms with Crippen LogP contribution in [0.2, 0.25) is 0 Å². The molecule has 2 rings (SSSR count). The normalized spacial score (nSPS) is 11.0. The third-order valence-electron chi connectivity index (χ3n) is 2.57. The summed E-state index contributed by atoms with van der Waals surface area (Å²) in [5.74, 6) is -1.86. The van der Waals surface area contributed by atoms with Crippen molar-refractivity contribution in [2.24, 2.45) is 0 Å². The number of carbonyl (C=O) groups is 1. The van der Waals surface area contributed by atoms with E-state index in [-0.39, 0.29) is 22.2 Å². The Morgan fingerprint density at radius 1 is 1.50 bits per heavy atom. The van der Waals surface area contributed by atoms with Gasteiger partial charge in [0.25, 0.3) is 0 Å². The van der Waals surface area contributed by atoms with Gasteiger partial charge in [0.15, 0.2) is 5.16 Å². The van der Waals surface area contributed by atoms with Crippen molar-refractivity contribution in [3.63, 3.8) is 0 Å². The molecule has 0 saturated heterocycles. The number of aromatic amines is 1. The average molecular weight is 297 g/mol. The summed E-state index contributed by atoms with van der Waals surface area (Å²) in [4.78, 5) is 22.5. The van der Waals surface area contributed by atoms with Crippen molar-refractivity contribution in [1.29, 1.82) is 0 Å². The molecular weight excluding hydrogens is 285 g/mol. The van der Waals surface area contributed by atoms with E-state index < -0.39 is 11.8 Å². The predicted octanol–water partition coefficient (Wildman–Crippen LogP) is 2.14. The molecule has 2 aromatic rings. The van der Waals surface area contributed by atoms with E-state index in [1.54, 1.807) is 0 Å². The number of rotatable bonds is 4. The van der Waals surface area contributed by atoms with Crippen molar-refractivity contribution in [3.8, 4) is 0 Å². The fourth-order valence-corrected chi connectivity index (χ4v) is 2.61. The van der Waals surface area contributed by atoms with E-state index >= 15 is 0 Å². The number of hydrogen-bond donors (Lipinski definition) is 2. The molecule has 0 saturated carbocycles. The summed E-state index contributed by atoms with van der Waals surface area (Å²) in [5.41, 5.74) is -0.500. The smallest absolute Gasteiger partial charge is 0.344 e. The molecule has 1 aromatic carbocycles. The first-order chi connectivity index (χ1) is 9.40. The highest BCUT2D eigenvalue weighted by Gasteiger charge is 2.15. The summed E-state index contributed by atoms with van der Waals surface area (Å²) in [6.07, 6.45) is 0. The number of nitrogens with zero attached hydrogens (tertiary/aromatic N) is 2. The number of nitrogens with one attached hydrogen (secondary N) is 1. The largest absolute Gasteiger partial charge is 0.478 e. The zero-order chi connectivity index (χ0) is 14.9. The number of carboxylic acids is 1. The number of aromatic nitrogens is 3. The second-order valence-corrected chi connectivity index (χ2v) is 5.34. The van der Waals surface area contributed by atoms with E-state index in [2.05, 4.69) is 10.2 Å². The van der Waals surface area contributed by atoms with Crippen LogP contribution < -0.4 is 5.69 Å². The summed E-state index contributed by atoms with van der Waals surface area (Å²) in [5, 5.41) is 15.2. The molecule has 0 radical (unpaired) electrons. The highest BCUT2D eigenvalue weighted by atomic mass is 32.2. The minimum Gasteiger partial charge on any atom is -0.478 e. The van der Waals surface area contributed by atoms with Crippen LogP contribution in [0, 0.1) is 5.82 Å². The highest BCUT2D eigenvalue weighted by Crippen LogP contribution is 2.29. The molecule has 0 aliphatic heterocycles. The van der Waals surface area contributed by atoms with Gasteiger partial charge in [-0.2, -0.15) is 0 Å². The van der Waals surface area contributed by atoms with Crippen LogP contribution in [-0.2, 0) is 0 Å². The van der Waals surface area contributed by atoms with Crippen LogP contribution in [0.25, 0.3) is 0 Å². The molecule has 8 heteroatoms. The van der Waals surface area contributed by atoms with Crippen molar-refractivity contribution in [2.75, 3.05) is 0 Å². The maximum absolute atomic E-state index is 13.8. The Hall–Kier alpha value is -2.09. The van der Waals surface area contributed by atoms with E-state index in [0.29, 0.717) is 5.16 Å². The summed E-state index contributed by atoms with van der Waals surface area (Å²) in [6, 6.07) is 3.48. The molecule has 0 unspecified atom stereocenters. The van der Waals surface area contributed by atoms with Gasteiger partial charge in [-0.05, 0) is 43.8 Å². The van der Waals surface area contributed by atoms with Crippen LogP contribution >= 0.6 is 11.8 Å². The molecule has 0 atom stereocenters. The zero-order valence-electron chi connectivity index (χ0n) is 10.8. The first kappa shape index (κ1) is 14.3. The van der Waals surface area contributed by atoms with Crippen LogP contribution in [-0.4, -0.2) is 25.8 Å². The van der Waals surface area contributed by atoms with Gasteiger partial charge in [-0.25, -0.2) is 19.1 Å². The molecule has 106 valence electrons. The number of carboxylic acid groups (broad SMARTS) is 1. The second-order valence-electron chi connectivity index (χ2n) is 4.33. The SMILES string of the molecule is CC(C)n1c(Sc2ccc(C(=O)O)cc2F)n[nH]c1=O. The summed E-state index contributed by atoms with van der Waals surface area (Å²) in [6.45, 7) is 3.62. The van der Waals surface area contributed by atoms with E-state index in [1.165, 1.54) is 16.7 Å². The Kier molecular flexibility index (Phi) is 3.93. The molecular formula is C12H12FN3O3S. The molecule has 0 amide bonds. The van der Waals surface area contributed by atoms with E-state index in [0.717, 1.165) is 17.8 Å². The number of halogens is 1. The molecule has 20 heavy (non-hydrogen) atoms. The van der Waals surface area contributed by atoms with Crippen molar-refractivity contribution >= 4 is 17.7 Å².